The number of thioether (sulfide) groups is 1. The van der Waals surface area contributed by atoms with E-state index in [0.717, 1.165) is 19.0 Å². The third kappa shape index (κ3) is 3.90. The van der Waals surface area contributed by atoms with Crippen LogP contribution in [0.5, 0.6) is 0 Å². The lowest BCUT2D eigenvalue weighted by Crippen LogP contribution is -2.24. The highest BCUT2D eigenvalue weighted by Gasteiger charge is 2.45. The molecule has 1 heterocycles. The molecule has 0 aromatic heterocycles. The predicted octanol–water partition coefficient (Wildman–Crippen LogP) is 3.53. The normalized spacial score (nSPS) is 31.2. The maximum Gasteiger partial charge on any atom is 0.156 e. The Morgan fingerprint density at radius 2 is 2.06 bits per heavy atom. The molecule has 2 unspecified atom stereocenters. The molecule has 2 rings (SSSR count). The number of rotatable bonds is 3. The molecule has 1 saturated carbocycles. The lowest BCUT2D eigenvalue weighted by Gasteiger charge is -2.21. The fourth-order valence-electron chi connectivity index (χ4n) is 2.44. The lowest BCUT2D eigenvalue weighted by atomic mass is 9.90. The van der Waals surface area contributed by atoms with Crippen LogP contribution in [-0.4, -0.2) is 23.5 Å². The predicted molar refractivity (Wildman–Crippen MR) is 77.6 cm³/mol. The number of aliphatic imine (C=N–C) groups is 1. The SMILES string of the molecule is CC(C)(C)CC1CN=C(NCC2CC2(C)C)S1. The first-order valence-corrected chi connectivity index (χ1v) is 7.59. The fourth-order valence-corrected chi connectivity index (χ4v) is 3.80. The standard InChI is InChI=1S/C14H26N2S/c1-13(2,3)7-11-9-16-12(17-11)15-8-10-6-14(10,4)5/h10-11H,6-9H2,1-5H3,(H,15,16). The van der Waals surface area contributed by atoms with Gasteiger partial charge >= 0.3 is 0 Å². The van der Waals surface area contributed by atoms with Gasteiger partial charge in [0.2, 0.25) is 0 Å². The van der Waals surface area contributed by atoms with Crippen molar-refractivity contribution in [2.45, 2.75) is 52.7 Å². The highest BCUT2D eigenvalue weighted by Crippen LogP contribution is 2.51. The quantitative estimate of drug-likeness (QED) is 0.833. The van der Waals surface area contributed by atoms with Gasteiger partial charge in [0.15, 0.2) is 5.17 Å². The van der Waals surface area contributed by atoms with Crippen LogP contribution in [0.4, 0.5) is 0 Å². The molecule has 0 spiro atoms. The van der Waals surface area contributed by atoms with Gasteiger partial charge in [0, 0.05) is 11.8 Å². The van der Waals surface area contributed by atoms with E-state index >= 15 is 0 Å². The van der Waals surface area contributed by atoms with Crippen LogP contribution in [0.1, 0.15) is 47.5 Å². The summed E-state index contributed by atoms with van der Waals surface area (Å²) in [6.07, 6.45) is 2.62. The third-order valence-corrected chi connectivity index (χ3v) is 4.92. The summed E-state index contributed by atoms with van der Waals surface area (Å²) in [5.41, 5.74) is 0.989. The van der Waals surface area contributed by atoms with Crippen molar-refractivity contribution in [2.75, 3.05) is 13.1 Å². The number of amidine groups is 1. The molecule has 0 aromatic rings. The molecule has 0 saturated heterocycles. The van der Waals surface area contributed by atoms with Gasteiger partial charge in [0.25, 0.3) is 0 Å². The van der Waals surface area contributed by atoms with Crippen molar-refractivity contribution >= 4 is 16.9 Å². The number of nitrogens with zero attached hydrogens (tertiary/aromatic N) is 1. The van der Waals surface area contributed by atoms with E-state index in [4.69, 9.17) is 0 Å². The molecule has 1 aliphatic heterocycles. The van der Waals surface area contributed by atoms with Gasteiger partial charge in [0.05, 0.1) is 6.54 Å². The van der Waals surface area contributed by atoms with E-state index in [2.05, 4.69) is 44.9 Å². The maximum atomic E-state index is 4.62. The first-order valence-electron chi connectivity index (χ1n) is 6.71. The molecular weight excluding hydrogens is 228 g/mol. The van der Waals surface area contributed by atoms with Gasteiger partial charge in [-0.1, -0.05) is 46.4 Å². The van der Waals surface area contributed by atoms with Crippen LogP contribution >= 0.6 is 11.8 Å². The lowest BCUT2D eigenvalue weighted by molar-refractivity contribution is 0.375. The molecule has 98 valence electrons. The molecule has 0 bridgehead atoms. The van der Waals surface area contributed by atoms with Crippen LogP contribution in [0.2, 0.25) is 0 Å². The van der Waals surface area contributed by atoms with E-state index < -0.39 is 0 Å². The van der Waals surface area contributed by atoms with Crippen LogP contribution in [0.3, 0.4) is 0 Å². The van der Waals surface area contributed by atoms with Crippen LogP contribution < -0.4 is 5.32 Å². The van der Waals surface area contributed by atoms with Gasteiger partial charge in [-0.15, -0.1) is 0 Å². The smallest absolute Gasteiger partial charge is 0.156 e. The molecule has 2 nitrogen and oxygen atoms in total. The zero-order valence-corrected chi connectivity index (χ0v) is 12.7. The zero-order chi connectivity index (χ0) is 12.7. The maximum absolute atomic E-state index is 4.62. The van der Waals surface area contributed by atoms with E-state index in [1.807, 2.05) is 11.8 Å². The molecule has 0 radical (unpaired) electrons. The number of hydrogen-bond donors (Lipinski definition) is 1. The average Bonchev–Trinajstić information content (AvgIpc) is 2.56. The van der Waals surface area contributed by atoms with E-state index in [9.17, 15) is 0 Å². The van der Waals surface area contributed by atoms with Crippen LogP contribution in [0.15, 0.2) is 4.99 Å². The molecule has 17 heavy (non-hydrogen) atoms. The minimum absolute atomic E-state index is 0.418. The number of hydrogen-bond acceptors (Lipinski definition) is 3. The Morgan fingerprint density at radius 1 is 1.41 bits per heavy atom. The van der Waals surface area contributed by atoms with Gasteiger partial charge < -0.3 is 5.32 Å². The second-order valence-electron chi connectivity index (χ2n) is 7.42. The zero-order valence-electron chi connectivity index (χ0n) is 11.8. The monoisotopic (exact) mass is 254 g/mol. The van der Waals surface area contributed by atoms with E-state index in [1.54, 1.807) is 0 Å². The van der Waals surface area contributed by atoms with Crippen molar-refractivity contribution in [2.24, 2.45) is 21.7 Å². The Balaban J connectivity index is 1.68. The van der Waals surface area contributed by atoms with Crippen molar-refractivity contribution < 1.29 is 0 Å². The molecular formula is C14H26N2S. The minimum atomic E-state index is 0.418. The molecule has 0 aromatic carbocycles. The van der Waals surface area contributed by atoms with Gasteiger partial charge in [-0.2, -0.15) is 0 Å². The van der Waals surface area contributed by atoms with Crippen molar-refractivity contribution in [1.82, 2.24) is 5.32 Å². The van der Waals surface area contributed by atoms with Crippen molar-refractivity contribution in [3.63, 3.8) is 0 Å². The molecule has 2 aliphatic rings. The van der Waals surface area contributed by atoms with Crippen LogP contribution in [0.25, 0.3) is 0 Å². The van der Waals surface area contributed by atoms with Crippen LogP contribution in [0, 0.1) is 16.7 Å². The van der Waals surface area contributed by atoms with Crippen LogP contribution in [-0.2, 0) is 0 Å². The largest absolute Gasteiger partial charge is 0.365 e. The molecule has 0 amide bonds. The van der Waals surface area contributed by atoms with Gasteiger partial charge in [-0.05, 0) is 29.6 Å². The summed E-state index contributed by atoms with van der Waals surface area (Å²) in [7, 11) is 0. The van der Waals surface area contributed by atoms with Crippen molar-refractivity contribution in [3.8, 4) is 0 Å². The summed E-state index contributed by atoms with van der Waals surface area (Å²) in [5.74, 6) is 0.854. The minimum Gasteiger partial charge on any atom is -0.365 e. The second kappa shape index (κ2) is 4.49. The van der Waals surface area contributed by atoms with Crippen molar-refractivity contribution in [1.29, 1.82) is 0 Å². The first kappa shape index (κ1) is 13.3. The second-order valence-corrected chi connectivity index (χ2v) is 8.71. The van der Waals surface area contributed by atoms with Gasteiger partial charge in [-0.3, -0.25) is 4.99 Å². The van der Waals surface area contributed by atoms with E-state index in [0.29, 0.717) is 16.1 Å². The Labute approximate surface area is 110 Å². The van der Waals surface area contributed by atoms with E-state index in [-0.39, 0.29) is 0 Å². The van der Waals surface area contributed by atoms with E-state index in [1.165, 1.54) is 18.0 Å². The first-order chi connectivity index (χ1) is 7.76. The Bertz CT molecular complexity index is 315. The summed E-state index contributed by atoms with van der Waals surface area (Å²) < 4.78 is 0. The highest BCUT2D eigenvalue weighted by molar-refractivity contribution is 8.14. The molecule has 1 N–H and O–H groups in total. The Morgan fingerprint density at radius 3 is 2.59 bits per heavy atom. The Kier molecular flexibility index (Phi) is 3.50. The number of nitrogens with one attached hydrogen (secondary N) is 1. The molecule has 3 heteroatoms. The molecule has 1 aliphatic carbocycles. The van der Waals surface area contributed by atoms with Crippen molar-refractivity contribution in [3.05, 3.63) is 0 Å². The molecule has 2 atom stereocenters. The third-order valence-electron chi connectivity index (χ3n) is 3.77. The summed E-state index contributed by atoms with van der Waals surface area (Å²) >= 11 is 1.95. The highest BCUT2D eigenvalue weighted by atomic mass is 32.2. The summed E-state index contributed by atoms with van der Waals surface area (Å²) in [4.78, 5) is 4.62. The average molecular weight is 254 g/mol. The summed E-state index contributed by atoms with van der Waals surface area (Å²) in [6, 6.07) is 0. The fraction of sp³-hybridized carbons (Fsp3) is 0.929. The molecule has 1 fully saturated rings. The summed E-state index contributed by atoms with van der Waals surface area (Å²) in [6.45, 7) is 13.7. The van der Waals surface area contributed by atoms with Gasteiger partial charge in [-0.25, -0.2) is 0 Å². The summed E-state index contributed by atoms with van der Waals surface area (Å²) in [5, 5.41) is 5.40. The topological polar surface area (TPSA) is 24.4 Å². The van der Waals surface area contributed by atoms with Gasteiger partial charge in [0.1, 0.15) is 0 Å². The Hall–Kier alpha value is -0.180.